The van der Waals surface area contributed by atoms with Crippen LogP contribution in [0.3, 0.4) is 0 Å². The number of rotatable bonds is 12. The maximum absolute atomic E-state index is 9.54. The number of ether oxygens (including phenoxy) is 2. The molecule has 1 unspecified atom stereocenters. The Morgan fingerprint density at radius 1 is 1.18 bits per heavy atom. The average Bonchev–Trinajstić information content (AvgIpc) is 2.28. The van der Waals surface area contributed by atoms with Crippen LogP contribution in [-0.4, -0.2) is 61.9 Å². The summed E-state index contributed by atoms with van der Waals surface area (Å²) in [6.07, 6.45) is 1.46. The second kappa shape index (κ2) is 12.3. The number of unbranched alkanes of at least 4 members (excludes halogenated alkanes) is 1. The molecule has 17 heavy (non-hydrogen) atoms. The summed E-state index contributed by atoms with van der Waals surface area (Å²) in [4.78, 5) is 0. The SMILES string of the molecule is CC(C)OCCOCC(O)CNCCCCO. The van der Waals surface area contributed by atoms with Gasteiger partial charge in [0.2, 0.25) is 0 Å². The van der Waals surface area contributed by atoms with E-state index >= 15 is 0 Å². The van der Waals surface area contributed by atoms with Gasteiger partial charge in [0.05, 0.1) is 32.0 Å². The molecule has 0 aromatic heterocycles. The summed E-state index contributed by atoms with van der Waals surface area (Å²) in [5.41, 5.74) is 0. The van der Waals surface area contributed by atoms with E-state index in [1.165, 1.54) is 0 Å². The molecule has 0 aliphatic carbocycles. The lowest BCUT2D eigenvalue weighted by Crippen LogP contribution is -2.31. The Hall–Kier alpha value is -0.200. The molecular formula is C12H27NO4. The van der Waals surface area contributed by atoms with E-state index in [2.05, 4.69) is 5.32 Å². The predicted molar refractivity (Wildman–Crippen MR) is 67.1 cm³/mol. The molecule has 0 spiro atoms. The third-order valence-electron chi connectivity index (χ3n) is 2.13. The fourth-order valence-electron chi connectivity index (χ4n) is 1.25. The minimum absolute atomic E-state index is 0.219. The summed E-state index contributed by atoms with van der Waals surface area (Å²) in [5.74, 6) is 0. The van der Waals surface area contributed by atoms with E-state index in [0.29, 0.717) is 26.4 Å². The van der Waals surface area contributed by atoms with Crippen molar-refractivity contribution >= 4 is 0 Å². The Morgan fingerprint density at radius 2 is 1.94 bits per heavy atom. The molecule has 0 aliphatic heterocycles. The zero-order valence-corrected chi connectivity index (χ0v) is 11.0. The Labute approximate surface area is 104 Å². The van der Waals surface area contributed by atoms with Crippen molar-refractivity contribution in [3.05, 3.63) is 0 Å². The van der Waals surface area contributed by atoms with Gasteiger partial charge in [-0.3, -0.25) is 0 Å². The van der Waals surface area contributed by atoms with Crippen molar-refractivity contribution in [3.63, 3.8) is 0 Å². The van der Waals surface area contributed by atoms with E-state index in [1.54, 1.807) is 0 Å². The highest BCUT2D eigenvalue weighted by Gasteiger charge is 2.03. The smallest absolute Gasteiger partial charge is 0.0897 e. The Balaban J connectivity index is 3.14. The topological polar surface area (TPSA) is 71.0 Å². The van der Waals surface area contributed by atoms with Gasteiger partial charge in [-0.1, -0.05) is 0 Å². The van der Waals surface area contributed by atoms with Crippen LogP contribution in [0.5, 0.6) is 0 Å². The van der Waals surface area contributed by atoms with Gasteiger partial charge in [-0.15, -0.1) is 0 Å². The van der Waals surface area contributed by atoms with Gasteiger partial charge in [-0.05, 0) is 33.2 Å². The molecule has 0 amide bonds. The van der Waals surface area contributed by atoms with Crippen molar-refractivity contribution in [1.29, 1.82) is 0 Å². The van der Waals surface area contributed by atoms with E-state index < -0.39 is 6.10 Å². The van der Waals surface area contributed by atoms with Crippen LogP contribution in [-0.2, 0) is 9.47 Å². The molecule has 1 atom stereocenters. The molecule has 104 valence electrons. The van der Waals surface area contributed by atoms with Crippen LogP contribution in [0.2, 0.25) is 0 Å². The molecule has 0 bridgehead atoms. The van der Waals surface area contributed by atoms with E-state index in [4.69, 9.17) is 14.6 Å². The highest BCUT2D eigenvalue weighted by atomic mass is 16.5. The van der Waals surface area contributed by atoms with E-state index in [-0.39, 0.29) is 12.7 Å². The Kier molecular flexibility index (Phi) is 12.1. The second-order valence-electron chi connectivity index (χ2n) is 4.28. The van der Waals surface area contributed by atoms with Crippen molar-refractivity contribution in [1.82, 2.24) is 5.32 Å². The third-order valence-corrected chi connectivity index (χ3v) is 2.13. The van der Waals surface area contributed by atoms with Crippen molar-refractivity contribution in [2.45, 2.75) is 38.9 Å². The van der Waals surface area contributed by atoms with Gasteiger partial charge in [0, 0.05) is 13.2 Å². The molecule has 0 aromatic carbocycles. The molecule has 0 fully saturated rings. The lowest BCUT2D eigenvalue weighted by atomic mass is 10.3. The maximum atomic E-state index is 9.54. The summed E-state index contributed by atoms with van der Waals surface area (Å²) >= 11 is 0. The van der Waals surface area contributed by atoms with Gasteiger partial charge in [-0.25, -0.2) is 0 Å². The zero-order valence-electron chi connectivity index (χ0n) is 11.0. The summed E-state index contributed by atoms with van der Waals surface area (Å²) in [7, 11) is 0. The molecule has 3 N–H and O–H groups in total. The molecule has 0 radical (unpaired) electrons. The number of nitrogens with one attached hydrogen (secondary N) is 1. The van der Waals surface area contributed by atoms with Crippen LogP contribution in [0, 0.1) is 0 Å². The first-order valence-corrected chi connectivity index (χ1v) is 6.35. The zero-order chi connectivity index (χ0) is 12.9. The summed E-state index contributed by atoms with van der Waals surface area (Å²) in [5, 5.41) is 21.2. The minimum Gasteiger partial charge on any atom is -0.396 e. The quantitative estimate of drug-likeness (QED) is 0.430. The van der Waals surface area contributed by atoms with E-state index in [0.717, 1.165) is 19.4 Å². The standard InChI is InChI=1S/C12H27NO4/c1-11(2)17-8-7-16-10-12(15)9-13-5-3-4-6-14/h11-15H,3-10H2,1-2H3. The van der Waals surface area contributed by atoms with Crippen LogP contribution in [0.15, 0.2) is 0 Å². The van der Waals surface area contributed by atoms with Gasteiger partial charge in [0.15, 0.2) is 0 Å². The minimum atomic E-state index is -0.483. The fourth-order valence-corrected chi connectivity index (χ4v) is 1.25. The highest BCUT2D eigenvalue weighted by Crippen LogP contribution is 1.90. The van der Waals surface area contributed by atoms with E-state index in [9.17, 15) is 5.11 Å². The predicted octanol–water partition coefficient (Wildman–Crippen LogP) is 0.151. The molecule has 0 heterocycles. The average molecular weight is 249 g/mol. The maximum Gasteiger partial charge on any atom is 0.0897 e. The molecule has 0 saturated heterocycles. The first-order valence-electron chi connectivity index (χ1n) is 6.35. The molecular weight excluding hydrogens is 222 g/mol. The lowest BCUT2D eigenvalue weighted by Gasteiger charge is -2.13. The number of hydrogen-bond acceptors (Lipinski definition) is 5. The van der Waals surface area contributed by atoms with Crippen LogP contribution >= 0.6 is 0 Å². The van der Waals surface area contributed by atoms with Crippen LogP contribution in [0.25, 0.3) is 0 Å². The lowest BCUT2D eigenvalue weighted by molar-refractivity contribution is -0.00993. The van der Waals surface area contributed by atoms with E-state index in [1.807, 2.05) is 13.8 Å². The van der Waals surface area contributed by atoms with Crippen molar-refractivity contribution in [2.75, 3.05) is 39.5 Å². The first kappa shape index (κ1) is 16.8. The summed E-state index contributed by atoms with van der Waals surface area (Å²) < 4.78 is 10.6. The molecule has 0 aromatic rings. The normalized spacial score (nSPS) is 13.2. The molecule has 5 heteroatoms. The fraction of sp³-hybridized carbons (Fsp3) is 1.00. The van der Waals surface area contributed by atoms with Gasteiger partial charge in [0.1, 0.15) is 0 Å². The monoisotopic (exact) mass is 249 g/mol. The molecule has 0 saturated carbocycles. The van der Waals surface area contributed by atoms with Gasteiger partial charge in [0.25, 0.3) is 0 Å². The van der Waals surface area contributed by atoms with Crippen LogP contribution in [0.1, 0.15) is 26.7 Å². The third kappa shape index (κ3) is 13.7. The van der Waals surface area contributed by atoms with Crippen LogP contribution in [0.4, 0.5) is 0 Å². The highest BCUT2D eigenvalue weighted by molar-refractivity contribution is 4.58. The van der Waals surface area contributed by atoms with Crippen molar-refractivity contribution in [3.8, 4) is 0 Å². The van der Waals surface area contributed by atoms with Crippen LogP contribution < -0.4 is 5.32 Å². The van der Waals surface area contributed by atoms with Gasteiger partial charge < -0.3 is 25.0 Å². The summed E-state index contributed by atoms with van der Waals surface area (Å²) in [6.45, 7) is 6.92. The van der Waals surface area contributed by atoms with Gasteiger partial charge >= 0.3 is 0 Å². The van der Waals surface area contributed by atoms with Crippen molar-refractivity contribution in [2.24, 2.45) is 0 Å². The largest absolute Gasteiger partial charge is 0.396 e. The molecule has 0 aliphatic rings. The molecule has 5 nitrogen and oxygen atoms in total. The second-order valence-corrected chi connectivity index (χ2v) is 4.28. The molecule has 0 rings (SSSR count). The van der Waals surface area contributed by atoms with Crippen molar-refractivity contribution < 1.29 is 19.7 Å². The number of aliphatic hydroxyl groups excluding tert-OH is 2. The number of aliphatic hydroxyl groups is 2. The number of hydrogen-bond donors (Lipinski definition) is 3. The Morgan fingerprint density at radius 3 is 2.59 bits per heavy atom. The summed E-state index contributed by atoms with van der Waals surface area (Å²) in [6, 6.07) is 0. The van der Waals surface area contributed by atoms with Gasteiger partial charge in [-0.2, -0.15) is 0 Å². The first-order chi connectivity index (χ1) is 8.16. The Bertz CT molecular complexity index is 155.